The van der Waals surface area contributed by atoms with Gasteiger partial charge in [0, 0.05) is 17.9 Å². The van der Waals surface area contributed by atoms with Gasteiger partial charge in [-0.05, 0) is 16.7 Å². The van der Waals surface area contributed by atoms with Crippen molar-refractivity contribution in [2.24, 2.45) is 0 Å². The molecule has 0 unspecified atom stereocenters. The molecule has 2 nitrogen and oxygen atoms in total. The second-order valence-electron chi connectivity index (χ2n) is 6.37. The van der Waals surface area contributed by atoms with Gasteiger partial charge >= 0.3 is 0 Å². The number of benzene rings is 3. The summed E-state index contributed by atoms with van der Waals surface area (Å²) in [6.07, 6.45) is 0.492. The van der Waals surface area contributed by atoms with Crippen LogP contribution in [0.25, 0.3) is 0 Å². The summed E-state index contributed by atoms with van der Waals surface area (Å²) in [5.74, 6) is 1.91. The van der Waals surface area contributed by atoms with Crippen LogP contribution in [0.1, 0.15) is 30.0 Å². The lowest BCUT2D eigenvalue weighted by Crippen LogP contribution is -2.47. The molecule has 0 heterocycles. The van der Waals surface area contributed by atoms with Gasteiger partial charge in [-0.15, -0.1) is 0 Å². The Bertz CT molecular complexity index is 757. The number of carbonyl (C=O) groups excluding carboxylic acids is 1. The van der Waals surface area contributed by atoms with E-state index in [2.05, 4.69) is 48.6 Å². The molecule has 0 fully saturated rings. The molecule has 0 bridgehead atoms. The molecule has 0 aliphatic rings. The standard InChI is InChI=1S/C24H25NOS2/c1-2-27-28-19-18-23(26)25-24(20-12-6-3-7-13-20,21-14-8-4-9-15-21)22-16-10-5-11-17-22/h3-17H,2,18-19H2,1H3,(H,25,26). The maximum atomic E-state index is 13.0. The first-order valence-electron chi connectivity index (χ1n) is 9.49. The van der Waals surface area contributed by atoms with Crippen molar-refractivity contribution in [3.05, 3.63) is 108 Å². The SMILES string of the molecule is CCSSCCC(=O)NC(c1ccccc1)(c1ccccc1)c1ccccc1. The van der Waals surface area contributed by atoms with Gasteiger partial charge in [0.05, 0.1) is 0 Å². The largest absolute Gasteiger partial charge is 0.338 e. The van der Waals surface area contributed by atoms with Gasteiger partial charge in [0.15, 0.2) is 0 Å². The fourth-order valence-electron chi connectivity index (χ4n) is 3.33. The maximum Gasteiger partial charge on any atom is 0.222 e. The fraction of sp³-hybridized carbons (Fsp3) is 0.208. The van der Waals surface area contributed by atoms with Crippen LogP contribution in [-0.4, -0.2) is 17.4 Å². The highest BCUT2D eigenvalue weighted by Gasteiger charge is 2.37. The molecule has 3 rings (SSSR count). The van der Waals surface area contributed by atoms with E-state index in [1.165, 1.54) is 0 Å². The van der Waals surface area contributed by atoms with Gasteiger partial charge in [-0.2, -0.15) is 0 Å². The van der Waals surface area contributed by atoms with Crippen molar-refractivity contribution in [3.63, 3.8) is 0 Å². The summed E-state index contributed by atoms with van der Waals surface area (Å²) in [4.78, 5) is 13.0. The molecule has 3 aromatic rings. The normalized spacial score (nSPS) is 11.2. The van der Waals surface area contributed by atoms with Crippen LogP contribution in [0.3, 0.4) is 0 Å². The van der Waals surface area contributed by atoms with Crippen molar-refractivity contribution in [2.45, 2.75) is 18.9 Å². The zero-order chi connectivity index (χ0) is 19.7. The highest BCUT2D eigenvalue weighted by molar-refractivity contribution is 8.76. The molecule has 0 aromatic heterocycles. The van der Waals surface area contributed by atoms with Gasteiger partial charge in [0.25, 0.3) is 0 Å². The summed E-state index contributed by atoms with van der Waals surface area (Å²) in [6.45, 7) is 2.13. The molecule has 0 radical (unpaired) electrons. The number of hydrogen-bond donors (Lipinski definition) is 1. The molecule has 0 saturated heterocycles. The Labute approximate surface area is 175 Å². The quantitative estimate of drug-likeness (QED) is 0.273. The van der Waals surface area contributed by atoms with Crippen molar-refractivity contribution in [3.8, 4) is 0 Å². The number of amides is 1. The Kier molecular flexibility index (Phi) is 7.63. The Hall–Kier alpha value is -2.17. The first-order chi connectivity index (χ1) is 13.8. The Morgan fingerprint density at radius 1 is 0.750 bits per heavy atom. The van der Waals surface area contributed by atoms with Crippen LogP contribution in [0.2, 0.25) is 0 Å². The first-order valence-corrected chi connectivity index (χ1v) is 12.0. The summed E-state index contributed by atoms with van der Waals surface area (Å²) in [7, 11) is 3.54. The van der Waals surface area contributed by atoms with Gasteiger partial charge in [-0.1, -0.05) is 120 Å². The van der Waals surface area contributed by atoms with E-state index in [4.69, 9.17) is 0 Å². The molecule has 1 amide bonds. The van der Waals surface area contributed by atoms with Crippen molar-refractivity contribution in [2.75, 3.05) is 11.5 Å². The highest BCUT2D eigenvalue weighted by atomic mass is 33.1. The Balaban J connectivity index is 2.05. The number of nitrogens with one attached hydrogen (secondary N) is 1. The predicted molar refractivity (Wildman–Crippen MR) is 123 cm³/mol. The van der Waals surface area contributed by atoms with E-state index < -0.39 is 5.54 Å². The van der Waals surface area contributed by atoms with E-state index in [-0.39, 0.29) is 5.91 Å². The second-order valence-corrected chi connectivity index (χ2v) is 9.25. The topological polar surface area (TPSA) is 29.1 Å². The molecule has 0 aliphatic heterocycles. The van der Waals surface area contributed by atoms with Crippen molar-refractivity contribution in [1.82, 2.24) is 5.32 Å². The van der Waals surface area contributed by atoms with Crippen molar-refractivity contribution in [1.29, 1.82) is 0 Å². The third-order valence-corrected chi connectivity index (χ3v) is 7.04. The Morgan fingerprint density at radius 2 is 1.18 bits per heavy atom. The lowest BCUT2D eigenvalue weighted by atomic mass is 9.77. The summed E-state index contributed by atoms with van der Waals surface area (Å²) in [5.41, 5.74) is 2.44. The number of hydrogen-bond acceptors (Lipinski definition) is 3. The van der Waals surface area contributed by atoms with Crippen LogP contribution < -0.4 is 5.32 Å². The summed E-state index contributed by atoms with van der Waals surface area (Å²) >= 11 is 0. The zero-order valence-corrected chi connectivity index (χ0v) is 17.6. The highest BCUT2D eigenvalue weighted by Crippen LogP contribution is 2.37. The second kappa shape index (κ2) is 10.4. The smallest absolute Gasteiger partial charge is 0.222 e. The predicted octanol–water partition coefficient (Wildman–Crippen LogP) is 5.89. The number of carbonyl (C=O) groups is 1. The van der Waals surface area contributed by atoms with Crippen molar-refractivity contribution >= 4 is 27.5 Å². The third kappa shape index (κ3) is 4.81. The van der Waals surface area contributed by atoms with Gasteiger partial charge < -0.3 is 5.32 Å². The summed E-state index contributed by atoms with van der Waals surface area (Å²) in [6, 6.07) is 30.7. The molecular formula is C24H25NOS2. The molecule has 0 saturated carbocycles. The van der Waals surface area contributed by atoms with E-state index in [1.54, 1.807) is 21.6 Å². The van der Waals surface area contributed by atoms with E-state index in [9.17, 15) is 4.79 Å². The minimum absolute atomic E-state index is 0.0563. The summed E-state index contributed by atoms with van der Waals surface area (Å²) in [5, 5.41) is 3.39. The average molecular weight is 408 g/mol. The molecule has 1 N–H and O–H groups in total. The van der Waals surface area contributed by atoms with Crippen LogP contribution in [0, 0.1) is 0 Å². The molecule has 0 atom stereocenters. The van der Waals surface area contributed by atoms with E-state index in [1.807, 2.05) is 54.6 Å². The first kappa shape index (κ1) is 20.6. The molecule has 0 aliphatic carbocycles. The fourth-order valence-corrected chi connectivity index (χ4v) is 4.99. The maximum absolute atomic E-state index is 13.0. The van der Waals surface area contributed by atoms with Gasteiger partial charge in [0.1, 0.15) is 5.54 Å². The molecule has 0 spiro atoms. The van der Waals surface area contributed by atoms with Crippen LogP contribution >= 0.6 is 21.6 Å². The van der Waals surface area contributed by atoms with E-state index in [0.29, 0.717) is 6.42 Å². The van der Waals surface area contributed by atoms with Gasteiger partial charge in [-0.25, -0.2) is 0 Å². The van der Waals surface area contributed by atoms with Crippen LogP contribution in [0.5, 0.6) is 0 Å². The van der Waals surface area contributed by atoms with E-state index in [0.717, 1.165) is 28.2 Å². The van der Waals surface area contributed by atoms with Crippen molar-refractivity contribution < 1.29 is 4.79 Å². The monoisotopic (exact) mass is 407 g/mol. The average Bonchev–Trinajstić information content (AvgIpc) is 2.77. The summed E-state index contributed by atoms with van der Waals surface area (Å²) < 4.78 is 0. The van der Waals surface area contributed by atoms with Gasteiger partial charge in [0.2, 0.25) is 5.91 Å². The molecular weight excluding hydrogens is 382 g/mol. The van der Waals surface area contributed by atoms with Crippen LogP contribution in [0.15, 0.2) is 91.0 Å². The molecule has 28 heavy (non-hydrogen) atoms. The number of rotatable bonds is 9. The third-order valence-electron chi connectivity index (χ3n) is 4.56. The minimum atomic E-state index is -0.719. The molecule has 3 aromatic carbocycles. The zero-order valence-electron chi connectivity index (χ0n) is 16.0. The van der Waals surface area contributed by atoms with E-state index >= 15 is 0 Å². The minimum Gasteiger partial charge on any atom is -0.338 e. The van der Waals surface area contributed by atoms with Crippen LogP contribution in [-0.2, 0) is 10.3 Å². The van der Waals surface area contributed by atoms with Gasteiger partial charge in [-0.3, -0.25) is 4.79 Å². The Morgan fingerprint density at radius 3 is 1.57 bits per heavy atom. The van der Waals surface area contributed by atoms with Crippen LogP contribution in [0.4, 0.5) is 0 Å². The molecule has 144 valence electrons. The lowest BCUT2D eigenvalue weighted by molar-refractivity contribution is -0.121. The lowest BCUT2D eigenvalue weighted by Gasteiger charge is -2.37. The molecule has 4 heteroatoms.